The molecule has 1 saturated carbocycles. The number of fused-ring (bicyclic) bond motifs is 1. The summed E-state index contributed by atoms with van der Waals surface area (Å²) in [6.07, 6.45) is 2.66. The Balaban J connectivity index is 2.08. The molecule has 3 heteroatoms. The highest BCUT2D eigenvalue weighted by Gasteiger charge is 2.48. The van der Waals surface area contributed by atoms with Gasteiger partial charge in [0.2, 0.25) is 0 Å². The molecule has 1 fully saturated rings. The minimum absolute atomic E-state index is 0.169. The SMILES string of the molecule is C=C1C(c2ccccc2)=C(SI)C[C@@]2(C)C[C@@H](O)C[C@H]12. The molecule has 0 spiro atoms. The van der Waals surface area contributed by atoms with Crippen molar-refractivity contribution in [2.45, 2.75) is 32.3 Å². The van der Waals surface area contributed by atoms with Gasteiger partial charge in [0, 0.05) is 26.1 Å². The van der Waals surface area contributed by atoms with E-state index in [4.69, 9.17) is 0 Å². The van der Waals surface area contributed by atoms with Gasteiger partial charge in [-0.15, -0.1) is 0 Å². The van der Waals surface area contributed by atoms with E-state index in [-0.39, 0.29) is 11.5 Å². The predicted octanol–water partition coefficient (Wildman–Crippen LogP) is 5.22. The van der Waals surface area contributed by atoms with Crippen LogP contribution in [0.2, 0.25) is 0 Å². The molecule has 3 rings (SSSR count). The van der Waals surface area contributed by atoms with Crippen LogP contribution in [0.1, 0.15) is 31.7 Å². The van der Waals surface area contributed by atoms with Gasteiger partial charge in [-0.2, -0.15) is 0 Å². The molecule has 1 aromatic rings. The average Bonchev–Trinajstić information content (AvgIpc) is 2.74. The Kier molecular flexibility index (Phi) is 4.04. The van der Waals surface area contributed by atoms with Gasteiger partial charge < -0.3 is 5.11 Å². The summed E-state index contributed by atoms with van der Waals surface area (Å²) in [5, 5.41) is 10.1. The zero-order valence-corrected chi connectivity index (χ0v) is 14.6. The van der Waals surface area contributed by atoms with Gasteiger partial charge in [-0.1, -0.05) is 52.8 Å². The molecule has 0 unspecified atom stereocenters. The lowest BCUT2D eigenvalue weighted by Gasteiger charge is -2.39. The number of aliphatic hydroxyl groups is 1. The first kappa shape index (κ1) is 14.7. The largest absolute Gasteiger partial charge is 0.393 e. The molecule has 106 valence electrons. The van der Waals surface area contributed by atoms with Crippen LogP contribution in [0, 0.1) is 11.3 Å². The lowest BCUT2D eigenvalue weighted by Crippen LogP contribution is -2.28. The van der Waals surface area contributed by atoms with E-state index in [2.05, 4.69) is 65.0 Å². The molecule has 1 N–H and O–H groups in total. The molecule has 1 aromatic carbocycles. The molecular formula is C17H19IOS. The van der Waals surface area contributed by atoms with Crippen LogP contribution in [-0.4, -0.2) is 11.2 Å². The van der Waals surface area contributed by atoms with Gasteiger partial charge in [-0.25, -0.2) is 0 Å². The van der Waals surface area contributed by atoms with Crippen molar-refractivity contribution >= 4 is 35.7 Å². The summed E-state index contributed by atoms with van der Waals surface area (Å²) in [6.45, 7) is 6.72. The first-order valence-corrected chi connectivity index (χ1v) is 10.4. The summed E-state index contributed by atoms with van der Waals surface area (Å²) in [6, 6.07) is 10.6. The van der Waals surface area contributed by atoms with Gasteiger partial charge in [0.25, 0.3) is 0 Å². The Morgan fingerprint density at radius 3 is 2.70 bits per heavy atom. The minimum Gasteiger partial charge on any atom is -0.393 e. The van der Waals surface area contributed by atoms with Crippen LogP contribution in [0.5, 0.6) is 0 Å². The molecule has 0 radical (unpaired) electrons. The fraction of sp³-hybridized carbons (Fsp3) is 0.412. The maximum Gasteiger partial charge on any atom is 0.0551 e. The van der Waals surface area contributed by atoms with Crippen LogP contribution < -0.4 is 0 Å². The van der Waals surface area contributed by atoms with Gasteiger partial charge in [0.1, 0.15) is 0 Å². The normalized spacial score (nSPS) is 33.5. The molecule has 1 nitrogen and oxygen atoms in total. The second-order valence-corrected chi connectivity index (χ2v) is 8.21. The summed E-state index contributed by atoms with van der Waals surface area (Å²) in [5.74, 6) is 0.417. The third kappa shape index (κ3) is 2.38. The smallest absolute Gasteiger partial charge is 0.0551 e. The van der Waals surface area contributed by atoms with Crippen molar-refractivity contribution in [2.24, 2.45) is 11.3 Å². The first-order valence-electron chi connectivity index (χ1n) is 6.99. The topological polar surface area (TPSA) is 20.2 Å². The summed E-state index contributed by atoms with van der Waals surface area (Å²) in [7, 11) is 1.81. The predicted molar refractivity (Wildman–Crippen MR) is 95.6 cm³/mol. The highest BCUT2D eigenvalue weighted by Crippen LogP contribution is 2.59. The Morgan fingerprint density at radius 2 is 2.05 bits per heavy atom. The molecule has 2 aliphatic rings. The summed E-state index contributed by atoms with van der Waals surface area (Å²) in [4.78, 5) is 1.41. The van der Waals surface area contributed by atoms with E-state index in [0.717, 1.165) is 19.3 Å². The number of hydrogen-bond donors (Lipinski definition) is 1. The second kappa shape index (κ2) is 5.50. The maximum absolute atomic E-state index is 10.1. The maximum atomic E-state index is 10.1. The summed E-state index contributed by atoms with van der Waals surface area (Å²) in [5.41, 5.74) is 3.99. The van der Waals surface area contributed by atoms with Gasteiger partial charge >= 0.3 is 0 Å². The van der Waals surface area contributed by atoms with Crippen molar-refractivity contribution in [2.75, 3.05) is 0 Å². The Bertz CT molecular complexity index is 566. The molecule has 0 saturated heterocycles. The quantitative estimate of drug-likeness (QED) is 0.690. The van der Waals surface area contributed by atoms with Crippen molar-refractivity contribution < 1.29 is 5.11 Å². The van der Waals surface area contributed by atoms with E-state index < -0.39 is 0 Å². The summed E-state index contributed by atoms with van der Waals surface area (Å²) >= 11 is 2.38. The number of halogens is 1. The molecule has 0 bridgehead atoms. The highest BCUT2D eigenvalue weighted by atomic mass is 127. The van der Waals surface area contributed by atoms with Crippen LogP contribution in [-0.2, 0) is 0 Å². The van der Waals surface area contributed by atoms with Crippen molar-refractivity contribution in [3.05, 3.63) is 53.0 Å². The Labute approximate surface area is 137 Å². The zero-order valence-electron chi connectivity index (χ0n) is 11.6. The average molecular weight is 398 g/mol. The molecule has 0 heterocycles. The van der Waals surface area contributed by atoms with Gasteiger partial charge in [0.05, 0.1) is 6.10 Å². The van der Waals surface area contributed by atoms with E-state index in [1.807, 2.05) is 8.93 Å². The fourth-order valence-electron chi connectivity index (χ4n) is 3.90. The Hall–Kier alpha value is -0.260. The number of benzene rings is 1. The fourth-order valence-corrected chi connectivity index (χ4v) is 5.74. The van der Waals surface area contributed by atoms with Crippen LogP contribution in [0.15, 0.2) is 47.4 Å². The molecule has 0 amide bonds. The summed E-state index contributed by atoms with van der Waals surface area (Å²) < 4.78 is 0. The lowest BCUT2D eigenvalue weighted by atomic mass is 9.67. The second-order valence-electron chi connectivity index (χ2n) is 6.24. The standard InChI is InChI=1S/C17H19IOS/c1-11-14-8-13(19)9-17(14,2)10-15(20-18)16(11)12-6-4-3-5-7-12/h3-7,13-14,19H,1,8-10H2,2H3/t13-,14+,17+/m0/s1. The van der Waals surface area contributed by atoms with Crippen LogP contribution >= 0.6 is 30.1 Å². The van der Waals surface area contributed by atoms with E-state index in [1.165, 1.54) is 21.6 Å². The highest BCUT2D eigenvalue weighted by molar-refractivity contribution is 14.2. The molecule has 0 aromatic heterocycles. The minimum atomic E-state index is -0.169. The van der Waals surface area contributed by atoms with Gasteiger partial charge in [0.15, 0.2) is 0 Å². The van der Waals surface area contributed by atoms with E-state index in [0.29, 0.717) is 5.92 Å². The Morgan fingerprint density at radius 1 is 1.35 bits per heavy atom. The van der Waals surface area contributed by atoms with Gasteiger partial charge in [-0.05, 0) is 47.3 Å². The van der Waals surface area contributed by atoms with Crippen molar-refractivity contribution in [3.8, 4) is 0 Å². The number of aliphatic hydroxyl groups excluding tert-OH is 1. The number of hydrogen-bond acceptors (Lipinski definition) is 2. The van der Waals surface area contributed by atoms with Crippen LogP contribution in [0.4, 0.5) is 0 Å². The zero-order chi connectivity index (χ0) is 14.3. The van der Waals surface area contributed by atoms with Crippen molar-refractivity contribution in [3.63, 3.8) is 0 Å². The van der Waals surface area contributed by atoms with Gasteiger partial charge in [-0.3, -0.25) is 0 Å². The van der Waals surface area contributed by atoms with Crippen LogP contribution in [0.3, 0.4) is 0 Å². The first-order chi connectivity index (χ1) is 9.55. The molecular weight excluding hydrogens is 379 g/mol. The molecule has 0 aliphatic heterocycles. The van der Waals surface area contributed by atoms with E-state index in [9.17, 15) is 5.11 Å². The molecule has 2 aliphatic carbocycles. The third-order valence-electron chi connectivity index (χ3n) is 4.79. The van der Waals surface area contributed by atoms with Crippen molar-refractivity contribution in [1.82, 2.24) is 0 Å². The number of rotatable bonds is 2. The molecule has 20 heavy (non-hydrogen) atoms. The van der Waals surface area contributed by atoms with E-state index in [1.54, 1.807) is 0 Å². The molecule has 3 atom stereocenters. The van der Waals surface area contributed by atoms with Crippen LogP contribution in [0.25, 0.3) is 5.57 Å². The monoisotopic (exact) mass is 398 g/mol. The van der Waals surface area contributed by atoms with Crippen molar-refractivity contribution in [1.29, 1.82) is 0 Å². The third-order valence-corrected chi connectivity index (χ3v) is 6.92. The number of allylic oxidation sites excluding steroid dienone is 3. The van der Waals surface area contributed by atoms with E-state index >= 15 is 0 Å². The lowest BCUT2D eigenvalue weighted by molar-refractivity contribution is 0.163.